The second-order valence-corrected chi connectivity index (χ2v) is 7.05. The molecular weight excluding hydrogens is 318 g/mol. The maximum atomic E-state index is 6.05. The average Bonchev–Trinajstić information content (AvgIpc) is 2.78. The summed E-state index contributed by atoms with van der Waals surface area (Å²) in [5.41, 5.74) is 1.25. The smallest absolute Gasteiger partial charge is 0.123 e. The number of nitrogens with zero attached hydrogens (tertiary/aromatic N) is 1. The van der Waals surface area contributed by atoms with Gasteiger partial charge in [0.2, 0.25) is 0 Å². The third-order valence-electron chi connectivity index (χ3n) is 3.90. The lowest BCUT2D eigenvalue weighted by Crippen LogP contribution is -2.55. The standard InChI is InChI=1S/C16H22BrNO2/c1-16(2)11-18(10-14(8-17)20-16)9-13-7-12-5-3-4-6-15(12)19-13/h3-6,13-14H,7-11H2,1-2H3. The minimum absolute atomic E-state index is 0.0812. The van der Waals surface area contributed by atoms with Crippen molar-refractivity contribution in [2.75, 3.05) is 25.0 Å². The van der Waals surface area contributed by atoms with Crippen molar-refractivity contribution in [3.63, 3.8) is 0 Å². The summed E-state index contributed by atoms with van der Waals surface area (Å²) in [6.45, 7) is 7.25. The van der Waals surface area contributed by atoms with Crippen LogP contribution in [0.15, 0.2) is 24.3 Å². The molecule has 0 saturated carbocycles. The highest BCUT2D eigenvalue weighted by atomic mass is 79.9. The lowest BCUT2D eigenvalue weighted by atomic mass is 10.0. The first kappa shape index (κ1) is 14.4. The van der Waals surface area contributed by atoms with Crippen LogP contribution in [-0.4, -0.2) is 47.7 Å². The van der Waals surface area contributed by atoms with E-state index in [9.17, 15) is 0 Å². The highest BCUT2D eigenvalue weighted by Gasteiger charge is 2.35. The van der Waals surface area contributed by atoms with E-state index in [4.69, 9.17) is 9.47 Å². The molecule has 1 aromatic carbocycles. The van der Waals surface area contributed by atoms with E-state index in [0.717, 1.165) is 37.1 Å². The minimum Gasteiger partial charge on any atom is -0.488 e. The Morgan fingerprint density at radius 2 is 2.10 bits per heavy atom. The Labute approximate surface area is 129 Å². The van der Waals surface area contributed by atoms with Gasteiger partial charge < -0.3 is 9.47 Å². The van der Waals surface area contributed by atoms with E-state index in [1.807, 2.05) is 6.07 Å². The maximum absolute atomic E-state index is 6.05. The van der Waals surface area contributed by atoms with Gasteiger partial charge in [0.1, 0.15) is 11.9 Å². The van der Waals surface area contributed by atoms with Crippen molar-refractivity contribution >= 4 is 15.9 Å². The van der Waals surface area contributed by atoms with Crippen molar-refractivity contribution in [1.29, 1.82) is 0 Å². The van der Waals surface area contributed by atoms with Gasteiger partial charge in [-0.25, -0.2) is 0 Å². The summed E-state index contributed by atoms with van der Waals surface area (Å²) in [5, 5.41) is 0.888. The summed E-state index contributed by atoms with van der Waals surface area (Å²) in [7, 11) is 0. The van der Waals surface area contributed by atoms with Crippen LogP contribution in [0.2, 0.25) is 0 Å². The summed E-state index contributed by atoms with van der Waals surface area (Å²) in [6, 6.07) is 8.36. The van der Waals surface area contributed by atoms with E-state index in [-0.39, 0.29) is 17.8 Å². The number of hydrogen-bond donors (Lipinski definition) is 0. The van der Waals surface area contributed by atoms with Gasteiger partial charge in [-0.05, 0) is 25.5 Å². The first-order valence-electron chi connectivity index (χ1n) is 7.26. The molecule has 2 atom stereocenters. The van der Waals surface area contributed by atoms with Gasteiger partial charge in [0, 0.05) is 31.4 Å². The molecule has 1 fully saturated rings. The van der Waals surface area contributed by atoms with Crippen molar-refractivity contribution in [2.45, 2.75) is 38.1 Å². The summed E-state index contributed by atoms with van der Waals surface area (Å²) in [5.74, 6) is 1.06. The number of hydrogen-bond acceptors (Lipinski definition) is 3. The van der Waals surface area contributed by atoms with Gasteiger partial charge in [0.05, 0.1) is 11.7 Å². The van der Waals surface area contributed by atoms with Crippen LogP contribution in [0.4, 0.5) is 0 Å². The third-order valence-corrected chi connectivity index (χ3v) is 4.62. The molecule has 1 aromatic rings. The van der Waals surface area contributed by atoms with Crippen LogP contribution in [0, 0.1) is 0 Å². The van der Waals surface area contributed by atoms with Crippen LogP contribution >= 0.6 is 15.9 Å². The number of para-hydroxylation sites is 1. The molecule has 2 aliphatic rings. The molecule has 110 valence electrons. The number of ether oxygens (including phenoxy) is 2. The van der Waals surface area contributed by atoms with Gasteiger partial charge in [0.25, 0.3) is 0 Å². The van der Waals surface area contributed by atoms with E-state index in [1.54, 1.807) is 0 Å². The average molecular weight is 340 g/mol. The fourth-order valence-corrected chi connectivity index (χ4v) is 3.62. The van der Waals surface area contributed by atoms with Crippen molar-refractivity contribution in [3.8, 4) is 5.75 Å². The number of fused-ring (bicyclic) bond motifs is 1. The fourth-order valence-electron chi connectivity index (χ4n) is 3.28. The number of benzene rings is 1. The lowest BCUT2D eigenvalue weighted by molar-refractivity contribution is -0.130. The van der Waals surface area contributed by atoms with E-state index in [2.05, 4.69) is 52.9 Å². The van der Waals surface area contributed by atoms with E-state index in [0.29, 0.717) is 0 Å². The second kappa shape index (κ2) is 5.66. The predicted molar refractivity (Wildman–Crippen MR) is 83.7 cm³/mol. The van der Waals surface area contributed by atoms with Gasteiger partial charge in [-0.15, -0.1) is 0 Å². The zero-order valence-corrected chi connectivity index (χ0v) is 13.7. The Balaban J connectivity index is 1.61. The summed E-state index contributed by atoms with van der Waals surface area (Å²) < 4.78 is 12.1. The van der Waals surface area contributed by atoms with E-state index >= 15 is 0 Å². The van der Waals surface area contributed by atoms with E-state index < -0.39 is 0 Å². The third kappa shape index (κ3) is 3.18. The Morgan fingerprint density at radius 3 is 2.85 bits per heavy atom. The molecule has 1 saturated heterocycles. The molecule has 0 N–H and O–H groups in total. The molecule has 2 heterocycles. The van der Waals surface area contributed by atoms with Crippen molar-refractivity contribution in [3.05, 3.63) is 29.8 Å². The Bertz CT molecular complexity index is 452. The summed E-state index contributed by atoms with van der Waals surface area (Å²) in [4.78, 5) is 2.48. The van der Waals surface area contributed by atoms with Gasteiger partial charge in [-0.1, -0.05) is 34.1 Å². The monoisotopic (exact) mass is 339 g/mol. The zero-order chi connectivity index (χ0) is 14.2. The molecule has 3 rings (SSSR count). The summed E-state index contributed by atoms with van der Waals surface area (Å²) in [6.07, 6.45) is 1.56. The van der Waals surface area contributed by atoms with Crippen LogP contribution in [0.3, 0.4) is 0 Å². The van der Waals surface area contributed by atoms with Crippen molar-refractivity contribution < 1.29 is 9.47 Å². The first-order chi connectivity index (χ1) is 9.55. The van der Waals surface area contributed by atoms with Crippen LogP contribution < -0.4 is 4.74 Å². The molecule has 0 bridgehead atoms. The SMILES string of the molecule is CC1(C)CN(CC2Cc3ccccc3O2)CC(CBr)O1. The number of rotatable bonds is 3. The molecule has 0 amide bonds. The minimum atomic E-state index is -0.0812. The largest absolute Gasteiger partial charge is 0.488 e. The lowest BCUT2D eigenvalue weighted by Gasteiger charge is -2.43. The normalized spacial score (nSPS) is 28.9. The molecule has 2 aliphatic heterocycles. The van der Waals surface area contributed by atoms with Crippen LogP contribution in [0.25, 0.3) is 0 Å². The van der Waals surface area contributed by atoms with Gasteiger partial charge >= 0.3 is 0 Å². The molecule has 0 aliphatic carbocycles. The molecule has 3 nitrogen and oxygen atoms in total. The van der Waals surface area contributed by atoms with Gasteiger partial charge in [0.15, 0.2) is 0 Å². The van der Waals surface area contributed by atoms with E-state index in [1.165, 1.54) is 5.56 Å². The predicted octanol–water partition coefficient (Wildman–Crippen LogP) is 2.86. The van der Waals surface area contributed by atoms with Crippen LogP contribution in [-0.2, 0) is 11.2 Å². The molecule has 0 radical (unpaired) electrons. The fraction of sp³-hybridized carbons (Fsp3) is 0.625. The van der Waals surface area contributed by atoms with Crippen molar-refractivity contribution in [1.82, 2.24) is 4.90 Å². The quantitative estimate of drug-likeness (QED) is 0.790. The van der Waals surface area contributed by atoms with Crippen molar-refractivity contribution in [2.24, 2.45) is 0 Å². The van der Waals surface area contributed by atoms with Crippen LogP contribution in [0.5, 0.6) is 5.75 Å². The number of alkyl halides is 1. The molecule has 0 aromatic heterocycles. The first-order valence-corrected chi connectivity index (χ1v) is 8.38. The second-order valence-electron chi connectivity index (χ2n) is 6.40. The molecule has 2 unspecified atom stereocenters. The number of morpholine rings is 1. The Hall–Kier alpha value is -0.580. The molecule has 4 heteroatoms. The topological polar surface area (TPSA) is 21.7 Å². The Kier molecular flexibility index (Phi) is 4.07. The van der Waals surface area contributed by atoms with Gasteiger partial charge in [-0.3, -0.25) is 4.90 Å². The molecule has 20 heavy (non-hydrogen) atoms. The highest BCUT2D eigenvalue weighted by molar-refractivity contribution is 9.09. The zero-order valence-electron chi connectivity index (χ0n) is 12.1. The number of halogens is 1. The Morgan fingerprint density at radius 1 is 1.30 bits per heavy atom. The maximum Gasteiger partial charge on any atom is 0.123 e. The van der Waals surface area contributed by atoms with Crippen LogP contribution in [0.1, 0.15) is 19.4 Å². The molecular formula is C16H22BrNO2. The highest BCUT2D eigenvalue weighted by Crippen LogP contribution is 2.30. The van der Waals surface area contributed by atoms with Gasteiger partial charge in [-0.2, -0.15) is 0 Å². The molecule has 0 spiro atoms. The summed E-state index contributed by atoms with van der Waals surface area (Å²) >= 11 is 3.54.